The minimum absolute atomic E-state index is 0.0469. The van der Waals surface area contributed by atoms with Crippen molar-refractivity contribution in [2.75, 3.05) is 13.1 Å². The zero-order valence-electron chi connectivity index (χ0n) is 13.5. The molecule has 0 radical (unpaired) electrons. The van der Waals surface area contributed by atoms with Crippen LogP contribution in [0.5, 0.6) is 0 Å². The second-order valence-electron chi connectivity index (χ2n) is 6.64. The van der Waals surface area contributed by atoms with Gasteiger partial charge < -0.3 is 14.9 Å². The first-order valence-electron chi connectivity index (χ1n) is 8.25. The molecule has 2 amide bonds. The van der Waals surface area contributed by atoms with Crippen LogP contribution in [0.15, 0.2) is 0 Å². The Hall–Kier alpha value is -1.26. The molecule has 2 aliphatic rings. The van der Waals surface area contributed by atoms with Crippen LogP contribution >= 0.6 is 0 Å². The van der Waals surface area contributed by atoms with E-state index in [-0.39, 0.29) is 12.1 Å². The smallest absolute Gasteiger partial charge is 0.320 e. The number of hydrogen-bond acceptors (Lipinski definition) is 2. The summed E-state index contributed by atoms with van der Waals surface area (Å²) in [6.07, 6.45) is 5.13. The van der Waals surface area contributed by atoms with Crippen molar-refractivity contribution in [2.45, 2.75) is 71.4 Å². The number of urea groups is 1. The number of carbonyl (C=O) groups excluding carboxylic acids is 1. The third-order valence-corrected chi connectivity index (χ3v) is 5.46. The van der Waals surface area contributed by atoms with Crippen molar-refractivity contribution < 1.29 is 14.7 Å². The van der Waals surface area contributed by atoms with Crippen LogP contribution < -0.4 is 0 Å². The zero-order valence-corrected chi connectivity index (χ0v) is 13.5. The molecule has 3 atom stereocenters. The molecule has 5 heteroatoms. The maximum Gasteiger partial charge on any atom is 0.320 e. The van der Waals surface area contributed by atoms with E-state index in [4.69, 9.17) is 0 Å². The molecule has 1 N–H and O–H groups in total. The standard InChI is InChI=1S/C16H28N2O3/c1-4-13-8-7-12(3)18(13)15(21)17-10-6-9-16(5-2,11-17)14(19)20/h12-13H,4-11H2,1-3H3,(H,19,20). The Bertz CT molecular complexity index is 412. The maximum absolute atomic E-state index is 12.9. The number of aliphatic carboxylic acids is 1. The number of nitrogens with zero attached hydrogens (tertiary/aromatic N) is 2. The van der Waals surface area contributed by atoms with Crippen LogP contribution in [-0.4, -0.2) is 52.1 Å². The molecule has 0 aromatic carbocycles. The molecule has 2 aliphatic heterocycles. The third-order valence-electron chi connectivity index (χ3n) is 5.46. The second kappa shape index (κ2) is 6.24. The van der Waals surface area contributed by atoms with Crippen molar-refractivity contribution in [2.24, 2.45) is 5.41 Å². The molecular formula is C16H28N2O3. The van der Waals surface area contributed by atoms with E-state index in [1.54, 1.807) is 4.90 Å². The SMILES string of the molecule is CCC1CCC(C)N1C(=O)N1CCCC(CC)(C(=O)O)C1. The fraction of sp³-hybridized carbons (Fsp3) is 0.875. The number of piperidine rings is 1. The molecule has 2 heterocycles. The Labute approximate surface area is 127 Å². The van der Waals surface area contributed by atoms with Gasteiger partial charge >= 0.3 is 12.0 Å². The average molecular weight is 296 g/mol. The van der Waals surface area contributed by atoms with Crippen LogP contribution in [0.2, 0.25) is 0 Å². The lowest BCUT2D eigenvalue weighted by molar-refractivity contribution is -0.152. The molecule has 2 rings (SSSR count). The molecule has 0 saturated carbocycles. The summed E-state index contributed by atoms with van der Waals surface area (Å²) in [5, 5.41) is 9.55. The number of hydrogen-bond donors (Lipinski definition) is 1. The first-order chi connectivity index (χ1) is 9.95. The summed E-state index contributed by atoms with van der Waals surface area (Å²) in [4.78, 5) is 28.3. The highest BCUT2D eigenvalue weighted by Crippen LogP contribution is 2.35. The number of rotatable bonds is 3. The summed E-state index contributed by atoms with van der Waals surface area (Å²) < 4.78 is 0. The van der Waals surface area contributed by atoms with Crippen LogP contribution in [0, 0.1) is 5.41 Å². The van der Waals surface area contributed by atoms with Crippen LogP contribution in [0.25, 0.3) is 0 Å². The average Bonchev–Trinajstić information content (AvgIpc) is 2.87. The van der Waals surface area contributed by atoms with Gasteiger partial charge in [-0.15, -0.1) is 0 Å². The van der Waals surface area contributed by atoms with E-state index in [0.29, 0.717) is 32.0 Å². The van der Waals surface area contributed by atoms with Crippen molar-refractivity contribution in [3.8, 4) is 0 Å². The van der Waals surface area contributed by atoms with E-state index in [0.717, 1.165) is 25.7 Å². The van der Waals surface area contributed by atoms with Crippen LogP contribution in [0.1, 0.15) is 59.3 Å². The maximum atomic E-state index is 12.9. The van der Waals surface area contributed by atoms with Gasteiger partial charge in [-0.2, -0.15) is 0 Å². The van der Waals surface area contributed by atoms with Gasteiger partial charge in [0.2, 0.25) is 0 Å². The van der Waals surface area contributed by atoms with Gasteiger partial charge in [-0.1, -0.05) is 13.8 Å². The number of likely N-dealkylation sites (tertiary alicyclic amines) is 2. The lowest BCUT2D eigenvalue weighted by Gasteiger charge is -2.42. The van der Waals surface area contributed by atoms with E-state index in [1.165, 1.54) is 0 Å². The minimum Gasteiger partial charge on any atom is -0.481 e. The van der Waals surface area contributed by atoms with Crippen molar-refractivity contribution in [1.82, 2.24) is 9.80 Å². The Morgan fingerprint density at radius 3 is 2.57 bits per heavy atom. The van der Waals surface area contributed by atoms with Crippen molar-refractivity contribution >= 4 is 12.0 Å². The predicted octanol–water partition coefficient (Wildman–Crippen LogP) is 2.95. The minimum atomic E-state index is -0.760. The Kier molecular flexibility index (Phi) is 4.79. The highest BCUT2D eigenvalue weighted by Gasteiger charge is 2.44. The third kappa shape index (κ3) is 2.87. The van der Waals surface area contributed by atoms with Gasteiger partial charge in [-0.05, 0) is 45.4 Å². The summed E-state index contributed by atoms with van der Waals surface area (Å²) in [5.41, 5.74) is -0.751. The van der Waals surface area contributed by atoms with Gasteiger partial charge in [0.05, 0.1) is 5.41 Å². The van der Waals surface area contributed by atoms with Crippen molar-refractivity contribution in [1.29, 1.82) is 0 Å². The van der Waals surface area contributed by atoms with Gasteiger partial charge in [0.25, 0.3) is 0 Å². The van der Waals surface area contributed by atoms with E-state index in [2.05, 4.69) is 13.8 Å². The normalized spacial score (nSPS) is 33.3. The summed E-state index contributed by atoms with van der Waals surface area (Å²) >= 11 is 0. The monoisotopic (exact) mass is 296 g/mol. The lowest BCUT2D eigenvalue weighted by Crippen LogP contribution is -2.55. The number of carbonyl (C=O) groups is 2. The predicted molar refractivity (Wildman–Crippen MR) is 81.2 cm³/mol. The van der Waals surface area contributed by atoms with Gasteiger partial charge in [0.15, 0.2) is 0 Å². The van der Waals surface area contributed by atoms with Gasteiger partial charge in [0, 0.05) is 25.2 Å². The van der Waals surface area contributed by atoms with E-state index in [9.17, 15) is 14.7 Å². The molecule has 0 aliphatic carbocycles. The van der Waals surface area contributed by atoms with E-state index >= 15 is 0 Å². The molecule has 5 nitrogen and oxygen atoms in total. The molecule has 3 unspecified atom stereocenters. The first-order valence-corrected chi connectivity index (χ1v) is 8.25. The molecule has 2 saturated heterocycles. The van der Waals surface area contributed by atoms with Crippen molar-refractivity contribution in [3.63, 3.8) is 0 Å². The number of amides is 2. The molecule has 0 spiro atoms. The van der Waals surface area contributed by atoms with Gasteiger partial charge in [-0.3, -0.25) is 4.79 Å². The molecule has 0 aromatic rings. The largest absolute Gasteiger partial charge is 0.481 e. The molecule has 21 heavy (non-hydrogen) atoms. The van der Waals surface area contributed by atoms with Crippen LogP contribution in [0.4, 0.5) is 4.79 Å². The molecule has 0 bridgehead atoms. The lowest BCUT2D eigenvalue weighted by atomic mass is 9.78. The first kappa shape index (κ1) is 16.1. The molecular weight excluding hydrogens is 268 g/mol. The van der Waals surface area contributed by atoms with Gasteiger partial charge in [0.1, 0.15) is 0 Å². The molecule has 0 aromatic heterocycles. The number of carboxylic acids is 1. The quantitative estimate of drug-likeness (QED) is 0.871. The highest BCUT2D eigenvalue weighted by atomic mass is 16.4. The molecule has 120 valence electrons. The van der Waals surface area contributed by atoms with Crippen molar-refractivity contribution in [3.05, 3.63) is 0 Å². The summed E-state index contributed by atoms with van der Waals surface area (Å²) in [7, 11) is 0. The second-order valence-corrected chi connectivity index (χ2v) is 6.64. The Balaban J connectivity index is 2.13. The number of carboxylic acid groups (broad SMARTS) is 1. The van der Waals surface area contributed by atoms with Gasteiger partial charge in [-0.25, -0.2) is 4.79 Å². The fourth-order valence-electron chi connectivity index (χ4n) is 3.89. The van der Waals surface area contributed by atoms with E-state index in [1.807, 2.05) is 11.8 Å². The van der Waals surface area contributed by atoms with Crippen LogP contribution in [-0.2, 0) is 4.79 Å². The van der Waals surface area contributed by atoms with Crippen LogP contribution in [0.3, 0.4) is 0 Å². The fourth-order valence-corrected chi connectivity index (χ4v) is 3.89. The Morgan fingerprint density at radius 2 is 2.00 bits per heavy atom. The summed E-state index contributed by atoms with van der Waals surface area (Å²) in [5.74, 6) is -0.760. The summed E-state index contributed by atoms with van der Waals surface area (Å²) in [6.45, 7) is 7.18. The topological polar surface area (TPSA) is 60.9 Å². The van der Waals surface area contributed by atoms with E-state index < -0.39 is 11.4 Å². The highest BCUT2D eigenvalue weighted by molar-refractivity contribution is 5.79. The molecule has 2 fully saturated rings. The Morgan fingerprint density at radius 1 is 1.29 bits per heavy atom. The zero-order chi connectivity index (χ0) is 15.6. The summed E-state index contributed by atoms with van der Waals surface area (Å²) in [6, 6.07) is 0.631.